The van der Waals surface area contributed by atoms with E-state index in [2.05, 4.69) is 5.32 Å². The van der Waals surface area contributed by atoms with Crippen LogP contribution >= 0.6 is 0 Å². The summed E-state index contributed by atoms with van der Waals surface area (Å²) in [6, 6.07) is 5.11. The lowest BCUT2D eigenvalue weighted by Gasteiger charge is -2.24. The number of carbonyl (C=O) groups is 2. The van der Waals surface area contributed by atoms with E-state index in [1.807, 2.05) is 13.8 Å². The van der Waals surface area contributed by atoms with E-state index in [9.17, 15) is 9.59 Å². The summed E-state index contributed by atoms with van der Waals surface area (Å²) in [7, 11) is 0. The third kappa shape index (κ3) is 6.45. The van der Waals surface area contributed by atoms with Gasteiger partial charge in [-0.1, -0.05) is 26.2 Å². The van der Waals surface area contributed by atoms with E-state index in [0.717, 1.165) is 32.1 Å². The summed E-state index contributed by atoms with van der Waals surface area (Å²) in [6.07, 6.45) is 5.50. The van der Waals surface area contributed by atoms with Crippen LogP contribution in [0.3, 0.4) is 0 Å². The lowest BCUT2D eigenvalue weighted by Crippen LogP contribution is -2.42. The van der Waals surface area contributed by atoms with Gasteiger partial charge < -0.3 is 19.5 Å². The number of hydrogen-bond donors (Lipinski definition) is 1. The fourth-order valence-electron chi connectivity index (χ4n) is 3.08. The zero-order valence-corrected chi connectivity index (χ0v) is 16.6. The quantitative estimate of drug-likeness (QED) is 0.661. The number of ether oxygens (including phenoxy) is 3. The highest BCUT2D eigenvalue weighted by Gasteiger charge is 2.23. The van der Waals surface area contributed by atoms with E-state index >= 15 is 0 Å². The number of amides is 1. The molecule has 1 aromatic rings. The zero-order valence-electron chi connectivity index (χ0n) is 16.6. The van der Waals surface area contributed by atoms with Crippen molar-refractivity contribution in [1.82, 2.24) is 5.32 Å². The monoisotopic (exact) mass is 377 g/mol. The maximum atomic E-state index is 12.4. The van der Waals surface area contributed by atoms with Gasteiger partial charge in [0, 0.05) is 6.04 Å². The van der Waals surface area contributed by atoms with Crippen molar-refractivity contribution in [3.8, 4) is 11.5 Å². The number of esters is 1. The molecule has 1 unspecified atom stereocenters. The molecule has 2 rings (SSSR count). The van der Waals surface area contributed by atoms with Crippen molar-refractivity contribution in [2.75, 3.05) is 13.2 Å². The van der Waals surface area contributed by atoms with Gasteiger partial charge in [-0.25, -0.2) is 4.79 Å². The molecule has 1 aliphatic carbocycles. The van der Waals surface area contributed by atoms with Gasteiger partial charge in [0.05, 0.1) is 18.8 Å². The van der Waals surface area contributed by atoms with Crippen molar-refractivity contribution in [3.05, 3.63) is 23.8 Å². The molecule has 1 fully saturated rings. The molecule has 1 atom stereocenters. The molecule has 1 aliphatic rings. The van der Waals surface area contributed by atoms with Crippen molar-refractivity contribution in [2.45, 2.75) is 71.4 Å². The molecule has 0 saturated heterocycles. The Morgan fingerprint density at radius 3 is 2.52 bits per heavy atom. The van der Waals surface area contributed by atoms with Crippen molar-refractivity contribution in [1.29, 1.82) is 0 Å². The van der Waals surface area contributed by atoms with Gasteiger partial charge in [0.25, 0.3) is 5.91 Å². The van der Waals surface area contributed by atoms with Crippen molar-refractivity contribution in [3.63, 3.8) is 0 Å². The summed E-state index contributed by atoms with van der Waals surface area (Å²) in [4.78, 5) is 24.7. The topological polar surface area (TPSA) is 73.9 Å². The summed E-state index contributed by atoms with van der Waals surface area (Å²) >= 11 is 0. The lowest BCUT2D eigenvalue weighted by atomic mass is 9.95. The van der Waals surface area contributed by atoms with Gasteiger partial charge in [-0.2, -0.15) is 0 Å². The van der Waals surface area contributed by atoms with Crippen molar-refractivity contribution < 1.29 is 23.8 Å². The normalized spacial score (nSPS) is 15.7. The Labute approximate surface area is 161 Å². The highest BCUT2D eigenvalue weighted by atomic mass is 16.5. The Morgan fingerprint density at radius 1 is 1.11 bits per heavy atom. The Morgan fingerprint density at radius 2 is 1.85 bits per heavy atom. The van der Waals surface area contributed by atoms with Crippen molar-refractivity contribution >= 4 is 11.9 Å². The van der Waals surface area contributed by atoms with Crippen LogP contribution < -0.4 is 14.8 Å². The molecule has 6 nitrogen and oxygen atoms in total. The van der Waals surface area contributed by atoms with Gasteiger partial charge in [-0.3, -0.25) is 4.79 Å². The molecule has 0 radical (unpaired) electrons. The second-order valence-electron chi connectivity index (χ2n) is 6.83. The maximum Gasteiger partial charge on any atom is 0.339 e. The first-order valence-electron chi connectivity index (χ1n) is 9.96. The van der Waals surface area contributed by atoms with Crippen LogP contribution in [0.4, 0.5) is 0 Å². The van der Waals surface area contributed by atoms with Crippen LogP contribution in [-0.2, 0) is 9.53 Å². The molecule has 150 valence electrons. The summed E-state index contributed by atoms with van der Waals surface area (Å²) in [5, 5.41) is 2.98. The van der Waals surface area contributed by atoms with E-state index in [4.69, 9.17) is 14.2 Å². The average Bonchev–Trinajstić information content (AvgIpc) is 2.67. The summed E-state index contributed by atoms with van der Waals surface area (Å²) in [6.45, 7) is 6.51. The van der Waals surface area contributed by atoms with E-state index in [1.54, 1.807) is 25.1 Å². The van der Waals surface area contributed by atoms with Crippen LogP contribution in [0.15, 0.2) is 18.2 Å². The van der Waals surface area contributed by atoms with Gasteiger partial charge in [0.15, 0.2) is 17.6 Å². The molecule has 0 aromatic heterocycles. The van der Waals surface area contributed by atoms with Crippen LogP contribution in [0.25, 0.3) is 0 Å². The summed E-state index contributed by atoms with van der Waals surface area (Å²) in [5.74, 6) is 0.297. The second kappa shape index (κ2) is 10.8. The Hall–Kier alpha value is -2.24. The molecule has 0 heterocycles. The molecule has 6 heteroatoms. The molecule has 1 aromatic carbocycles. The van der Waals surface area contributed by atoms with Gasteiger partial charge in [0.1, 0.15) is 0 Å². The Kier molecular flexibility index (Phi) is 8.43. The minimum Gasteiger partial charge on any atom is -0.490 e. The Bertz CT molecular complexity index is 625. The van der Waals surface area contributed by atoms with E-state index in [1.165, 1.54) is 6.42 Å². The number of carbonyl (C=O) groups excluding carboxylic acids is 2. The second-order valence-corrected chi connectivity index (χ2v) is 6.83. The zero-order chi connectivity index (χ0) is 19.6. The van der Waals surface area contributed by atoms with Crippen molar-refractivity contribution in [2.24, 2.45) is 0 Å². The highest BCUT2D eigenvalue weighted by molar-refractivity contribution is 5.92. The number of benzene rings is 1. The lowest BCUT2D eigenvalue weighted by molar-refractivity contribution is -0.130. The first-order valence-corrected chi connectivity index (χ1v) is 9.96. The minimum absolute atomic E-state index is 0.187. The number of hydrogen-bond acceptors (Lipinski definition) is 5. The van der Waals surface area contributed by atoms with Crippen LogP contribution in [0, 0.1) is 0 Å². The van der Waals surface area contributed by atoms with E-state index < -0.39 is 12.1 Å². The average molecular weight is 377 g/mol. The smallest absolute Gasteiger partial charge is 0.339 e. The van der Waals surface area contributed by atoms with Gasteiger partial charge in [-0.15, -0.1) is 0 Å². The molecule has 0 spiro atoms. The predicted molar refractivity (Wildman–Crippen MR) is 103 cm³/mol. The number of nitrogens with one attached hydrogen (secondary N) is 1. The third-order valence-corrected chi connectivity index (χ3v) is 4.55. The predicted octanol–water partition coefficient (Wildman–Crippen LogP) is 3.87. The molecule has 0 aliphatic heterocycles. The number of rotatable bonds is 9. The molecule has 1 saturated carbocycles. The molecule has 0 bridgehead atoms. The summed E-state index contributed by atoms with van der Waals surface area (Å²) in [5.41, 5.74) is 0.333. The minimum atomic E-state index is -0.842. The van der Waals surface area contributed by atoms with E-state index in [-0.39, 0.29) is 11.9 Å². The molecular weight excluding hydrogens is 346 g/mol. The molecule has 1 N–H and O–H groups in total. The highest BCUT2D eigenvalue weighted by Crippen LogP contribution is 2.29. The SMILES string of the molecule is CCCOc1ccc(C(=O)OC(C)C(=O)NC2CCCCC2)cc1OCC. The fraction of sp³-hybridized carbons (Fsp3) is 0.619. The Balaban J connectivity index is 1.96. The standard InChI is InChI=1S/C21H31NO5/c1-4-13-26-18-12-11-16(14-19(18)25-5-2)21(24)27-15(3)20(23)22-17-9-7-6-8-10-17/h11-12,14-15,17H,4-10,13H2,1-3H3,(H,22,23). The first kappa shape index (κ1) is 21.1. The van der Waals surface area contributed by atoms with Crippen LogP contribution in [-0.4, -0.2) is 37.2 Å². The maximum absolute atomic E-state index is 12.4. The van der Waals surface area contributed by atoms with Gasteiger partial charge in [-0.05, 0) is 51.3 Å². The van der Waals surface area contributed by atoms with Gasteiger partial charge in [0.2, 0.25) is 0 Å². The molecule has 1 amide bonds. The van der Waals surface area contributed by atoms with Crippen LogP contribution in [0.5, 0.6) is 11.5 Å². The van der Waals surface area contributed by atoms with E-state index in [0.29, 0.717) is 30.3 Å². The largest absolute Gasteiger partial charge is 0.490 e. The van der Waals surface area contributed by atoms with Gasteiger partial charge >= 0.3 is 5.97 Å². The van der Waals surface area contributed by atoms with Crippen LogP contribution in [0.2, 0.25) is 0 Å². The fourth-order valence-corrected chi connectivity index (χ4v) is 3.08. The summed E-state index contributed by atoms with van der Waals surface area (Å²) < 4.78 is 16.5. The third-order valence-electron chi connectivity index (χ3n) is 4.55. The molecule has 27 heavy (non-hydrogen) atoms. The van der Waals surface area contributed by atoms with Crippen LogP contribution in [0.1, 0.15) is 69.7 Å². The molecular formula is C21H31NO5. The first-order chi connectivity index (χ1) is 13.0.